The third-order valence-corrected chi connectivity index (χ3v) is 7.67. The number of aliphatic hydroxyl groups is 1. The smallest absolute Gasteiger partial charge is 0.222 e. The van der Waals surface area contributed by atoms with Gasteiger partial charge in [0.2, 0.25) is 5.91 Å². The molecule has 33 heavy (non-hydrogen) atoms. The second-order valence-electron chi connectivity index (χ2n) is 8.87. The number of aryl methyl sites for hydroxylation is 2. The van der Waals surface area contributed by atoms with Crippen LogP contribution in [0.1, 0.15) is 59.9 Å². The van der Waals surface area contributed by atoms with Crippen molar-refractivity contribution < 1.29 is 9.90 Å². The Labute approximate surface area is 200 Å². The van der Waals surface area contributed by atoms with Gasteiger partial charge in [-0.2, -0.15) is 0 Å². The number of rotatable bonds is 6. The third-order valence-electron chi connectivity index (χ3n) is 6.46. The number of carbonyl (C=O) groups excluding carboxylic acids is 1. The van der Waals surface area contributed by atoms with E-state index in [-0.39, 0.29) is 36.6 Å². The Morgan fingerprint density at radius 2 is 1.88 bits per heavy atom. The van der Waals surface area contributed by atoms with E-state index in [0.29, 0.717) is 6.42 Å². The highest BCUT2D eigenvalue weighted by atomic mass is 32.1. The fourth-order valence-corrected chi connectivity index (χ4v) is 5.55. The minimum Gasteiger partial charge on any atom is -0.391 e. The second kappa shape index (κ2) is 10.2. The van der Waals surface area contributed by atoms with Crippen molar-refractivity contribution in [3.8, 4) is 0 Å². The molecule has 0 bridgehead atoms. The van der Waals surface area contributed by atoms with Crippen LogP contribution in [0.4, 0.5) is 5.00 Å². The van der Waals surface area contributed by atoms with E-state index in [2.05, 4.69) is 55.3 Å². The summed E-state index contributed by atoms with van der Waals surface area (Å²) in [7, 11) is 1.96. The number of amides is 1. The molecule has 0 saturated carbocycles. The topological polar surface area (TPSA) is 104 Å². The van der Waals surface area contributed by atoms with Gasteiger partial charge in [-0.15, -0.1) is 11.3 Å². The first-order chi connectivity index (χ1) is 15.6. The Kier molecular flexibility index (Phi) is 7.72. The predicted octanol–water partition coefficient (Wildman–Crippen LogP) is 4.13. The Morgan fingerprint density at radius 3 is 2.45 bits per heavy atom. The first kappa shape index (κ1) is 25.1. The highest BCUT2D eigenvalue weighted by Crippen LogP contribution is 2.47. The van der Waals surface area contributed by atoms with Crippen LogP contribution >= 0.6 is 11.3 Å². The summed E-state index contributed by atoms with van der Waals surface area (Å²) in [6.07, 6.45) is 0.0536. The lowest BCUT2D eigenvalue weighted by Crippen LogP contribution is -2.49. The molecular weight excluding hydrogens is 434 g/mol. The number of carbonyl (C=O) groups is 1. The molecule has 2 aromatic rings. The maximum Gasteiger partial charge on any atom is 0.222 e. The number of benzene rings is 1. The van der Waals surface area contributed by atoms with Crippen molar-refractivity contribution in [1.82, 2.24) is 10.2 Å². The van der Waals surface area contributed by atoms with Crippen LogP contribution in [-0.4, -0.2) is 53.3 Å². The highest BCUT2D eigenvalue weighted by molar-refractivity contribution is 7.17. The molecule has 178 valence electrons. The van der Waals surface area contributed by atoms with Gasteiger partial charge in [0.05, 0.1) is 18.2 Å². The van der Waals surface area contributed by atoms with E-state index in [1.54, 1.807) is 23.2 Å². The molecule has 2 unspecified atom stereocenters. The lowest BCUT2D eigenvalue weighted by Gasteiger charge is -2.34. The molecule has 2 heterocycles. The van der Waals surface area contributed by atoms with Crippen molar-refractivity contribution in [2.75, 3.05) is 18.5 Å². The summed E-state index contributed by atoms with van der Waals surface area (Å²) in [6, 6.07) is 7.70. The van der Waals surface area contributed by atoms with Gasteiger partial charge < -0.3 is 10.4 Å². The molecule has 1 aliphatic rings. The molecular formula is C25H35N5O2S. The molecule has 7 nitrogen and oxygen atoms in total. The number of nitrogens with zero attached hydrogens (tertiary/aromatic N) is 2. The summed E-state index contributed by atoms with van der Waals surface area (Å²) in [6.45, 7) is 9.97. The Hall–Kier alpha value is -2.55. The number of thiophene rings is 1. The number of amidine groups is 2. The van der Waals surface area contributed by atoms with E-state index in [9.17, 15) is 9.90 Å². The van der Waals surface area contributed by atoms with Gasteiger partial charge in [0.1, 0.15) is 16.7 Å². The van der Waals surface area contributed by atoms with Crippen molar-refractivity contribution in [2.24, 2.45) is 0 Å². The van der Waals surface area contributed by atoms with Gasteiger partial charge in [-0.25, -0.2) is 0 Å². The lowest BCUT2D eigenvalue weighted by molar-refractivity contribution is -0.122. The van der Waals surface area contributed by atoms with Crippen molar-refractivity contribution in [1.29, 1.82) is 10.8 Å². The van der Waals surface area contributed by atoms with Gasteiger partial charge in [0, 0.05) is 23.4 Å². The van der Waals surface area contributed by atoms with Crippen LogP contribution in [-0.2, 0) is 4.79 Å². The normalized spacial score (nSPS) is 19.7. The molecule has 4 N–H and O–H groups in total. The Bertz CT molecular complexity index is 1050. The summed E-state index contributed by atoms with van der Waals surface area (Å²) < 4.78 is 0. The van der Waals surface area contributed by atoms with Crippen molar-refractivity contribution in [3.05, 3.63) is 51.4 Å². The largest absolute Gasteiger partial charge is 0.391 e. The molecule has 0 radical (unpaired) electrons. The summed E-state index contributed by atoms with van der Waals surface area (Å²) in [4.78, 5) is 17.7. The molecule has 0 saturated heterocycles. The fraction of sp³-hybridized carbons (Fsp3) is 0.480. The molecule has 0 spiro atoms. The second-order valence-corrected chi connectivity index (χ2v) is 10.1. The zero-order valence-electron chi connectivity index (χ0n) is 20.3. The van der Waals surface area contributed by atoms with Crippen LogP contribution in [0.2, 0.25) is 0 Å². The first-order valence-electron chi connectivity index (χ1n) is 11.3. The van der Waals surface area contributed by atoms with Crippen LogP contribution < -0.4 is 10.2 Å². The third kappa shape index (κ3) is 5.03. The highest BCUT2D eigenvalue weighted by Gasteiger charge is 2.41. The number of anilines is 1. The van der Waals surface area contributed by atoms with Crippen molar-refractivity contribution >= 4 is 33.9 Å². The standard InChI is InChI=1S/C25H35N5O2S/c1-7-19(31)13-28-21(32)12-20-24(27)30(17(5)26)25-22(15(3)16(4)33-25)23(29(20)6)18-10-8-14(2)9-11-18/h8-11,19-20,23,26-27,31H,7,12-13H2,1-6H3,(H,28,32)/t19-,20?,23?/m0/s1. The van der Waals surface area contributed by atoms with Crippen LogP contribution in [0, 0.1) is 31.6 Å². The van der Waals surface area contributed by atoms with Gasteiger partial charge in [-0.05, 0) is 52.3 Å². The Balaban J connectivity index is 2.10. The van der Waals surface area contributed by atoms with Crippen LogP contribution in [0.15, 0.2) is 24.3 Å². The van der Waals surface area contributed by atoms with Gasteiger partial charge >= 0.3 is 0 Å². The van der Waals surface area contributed by atoms with E-state index in [4.69, 9.17) is 10.8 Å². The minimum atomic E-state index is -0.585. The fourth-order valence-electron chi connectivity index (χ4n) is 4.30. The molecule has 0 aliphatic carbocycles. The molecule has 3 rings (SSSR count). The summed E-state index contributed by atoms with van der Waals surface area (Å²) in [5, 5.41) is 31.0. The quantitative estimate of drug-likeness (QED) is 0.377. The SMILES string of the molecule is CC[C@H](O)CNC(=O)CC1C(=N)N(C(C)=N)c2sc(C)c(C)c2C(c2ccc(C)cc2)N1C. The number of nitrogens with one attached hydrogen (secondary N) is 3. The summed E-state index contributed by atoms with van der Waals surface area (Å²) in [5.74, 6) is 0.257. The first-order valence-corrected chi connectivity index (χ1v) is 12.1. The van der Waals surface area contributed by atoms with Crippen molar-refractivity contribution in [2.45, 2.75) is 65.6 Å². The van der Waals surface area contributed by atoms with Crippen molar-refractivity contribution in [3.63, 3.8) is 0 Å². The predicted molar refractivity (Wildman–Crippen MR) is 136 cm³/mol. The average Bonchev–Trinajstić information content (AvgIpc) is 3.00. The minimum absolute atomic E-state index is 0.0743. The number of fused-ring (bicyclic) bond motifs is 1. The maximum atomic E-state index is 12.8. The molecule has 3 atom stereocenters. The van der Waals surface area contributed by atoms with Gasteiger partial charge in [0.25, 0.3) is 0 Å². The number of hydrogen-bond acceptors (Lipinski definition) is 6. The Morgan fingerprint density at radius 1 is 1.24 bits per heavy atom. The summed E-state index contributed by atoms with van der Waals surface area (Å²) >= 11 is 1.60. The zero-order chi connectivity index (χ0) is 24.4. The van der Waals surface area contributed by atoms with Crippen LogP contribution in [0.5, 0.6) is 0 Å². The van der Waals surface area contributed by atoms with E-state index < -0.39 is 12.1 Å². The monoisotopic (exact) mass is 469 g/mol. The molecule has 1 aromatic carbocycles. The van der Waals surface area contributed by atoms with Gasteiger partial charge in [-0.3, -0.25) is 25.4 Å². The molecule has 1 aromatic heterocycles. The molecule has 0 fully saturated rings. The van der Waals surface area contributed by atoms with Gasteiger partial charge in [-0.1, -0.05) is 36.8 Å². The van der Waals surface area contributed by atoms with Crippen LogP contribution in [0.25, 0.3) is 0 Å². The molecule has 8 heteroatoms. The van der Waals surface area contributed by atoms with Crippen LogP contribution in [0.3, 0.4) is 0 Å². The average molecular weight is 470 g/mol. The van der Waals surface area contributed by atoms with E-state index in [1.165, 1.54) is 5.56 Å². The lowest BCUT2D eigenvalue weighted by atomic mass is 9.94. The zero-order valence-corrected chi connectivity index (χ0v) is 21.1. The number of hydrogen-bond donors (Lipinski definition) is 4. The van der Waals surface area contributed by atoms with E-state index >= 15 is 0 Å². The number of aliphatic hydroxyl groups excluding tert-OH is 1. The van der Waals surface area contributed by atoms with Gasteiger partial charge in [0.15, 0.2) is 0 Å². The van der Waals surface area contributed by atoms with E-state index in [1.807, 2.05) is 14.0 Å². The van der Waals surface area contributed by atoms with E-state index in [0.717, 1.165) is 26.6 Å². The summed E-state index contributed by atoms with van der Waals surface area (Å²) in [5.41, 5.74) is 4.50. The molecule has 1 aliphatic heterocycles. The maximum absolute atomic E-state index is 12.8. The molecule has 1 amide bonds. The number of likely N-dealkylation sites (N-methyl/N-ethyl adjacent to an activating group) is 1.